The highest BCUT2D eigenvalue weighted by Crippen LogP contribution is 2.23. The molecule has 21 heavy (non-hydrogen) atoms. The summed E-state index contributed by atoms with van der Waals surface area (Å²) in [6.07, 6.45) is 1.82. The van der Waals surface area contributed by atoms with E-state index in [1.54, 1.807) is 18.2 Å². The van der Waals surface area contributed by atoms with Gasteiger partial charge in [0.05, 0.1) is 25.0 Å². The van der Waals surface area contributed by atoms with Gasteiger partial charge >= 0.3 is 5.97 Å². The van der Waals surface area contributed by atoms with Gasteiger partial charge < -0.3 is 15.2 Å². The zero-order chi connectivity index (χ0) is 15.1. The Morgan fingerprint density at radius 3 is 2.62 bits per heavy atom. The van der Waals surface area contributed by atoms with Crippen LogP contribution in [0.25, 0.3) is 0 Å². The first-order valence-electron chi connectivity index (χ1n) is 6.85. The normalized spacial score (nSPS) is 10.1. The molecule has 2 aromatic carbocycles. The Kier molecular flexibility index (Phi) is 5.21. The molecular weight excluding hydrogens is 266 g/mol. The number of nitrogens with two attached hydrogens (primary N) is 1. The summed E-state index contributed by atoms with van der Waals surface area (Å²) in [5, 5.41) is 0. The molecule has 4 heteroatoms. The Morgan fingerprint density at radius 2 is 1.90 bits per heavy atom. The third kappa shape index (κ3) is 4.24. The maximum atomic E-state index is 11.5. The Labute approximate surface area is 124 Å². The lowest BCUT2D eigenvalue weighted by Gasteiger charge is -2.10. The number of esters is 1. The average molecular weight is 285 g/mol. The number of nitrogen functional groups attached to an aromatic ring is 1. The Bertz CT molecular complexity index is 596. The van der Waals surface area contributed by atoms with Crippen LogP contribution in [0.4, 0.5) is 5.69 Å². The zero-order valence-corrected chi connectivity index (χ0v) is 12.0. The lowest BCUT2D eigenvalue weighted by molar-refractivity contribution is 0.0600. The van der Waals surface area contributed by atoms with Crippen molar-refractivity contribution in [3.05, 3.63) is 59.7 Å². The minimum Gasteiger partial charge on any atom is -0.491 e. The minimum absolute atomic E-state index is 0.399. The molecule has 2 rings (SSSR count). The second kappa shape index (κ2) is 7.33. The lowest BCUT2D eigenvalue weighted by atomic mass is 10.1. The summed E-state index contributed by atoms with van der Waals surface area (Å²) in [6, 6.07) is 15.1. The van der Waals surface area contributed by atoms with Gasteiger partial charge in [0.25, 0.3) is 0 Å². The van der Waals surface area contributed by atoms with E-state index in [4.69, 9.17) is 10.5 Å². The van der Waals surface area contributed by atoms with Crippen LogP contribution in [0, 0.1) is 0 Å². The van der Waals surface area contributed by atoms with Gasteiger partial charge in [0, 0.05) is 0 Å². The van der Waals surface area contributed by atoms with E-state index in [0.29, 0.717) is 23.6 Å². The minimum atomic E-state index is -0.399. The number of anilines is 1. The summed E-state index contributed by atoms with van der Waals surface area (Å²) in [7, 11) is 1.35. The van der Waals surface area contributed by atoms with Gasteiger partial charge in [-0.15, -0.1) is 0 Å². The van der Waals surface area contributed by atoms with Crippen LogP contribution >= 0.6 is 0 Å². The maximum Gasteiger partial charge on any atom is 0.337 e. The monoisotopic (exact) mass is 285 g/mol. The number of hydrogen-bond donors (Lipinski definition) is 1. The highest BCUT2D eigenvalue weighted by molar-refractivity contribution is 5.90. The standard InChI is InChI=1S/C17H19NO3/c1-20-17(19)14-9-10-15(18)16(12-14)21-11-5-8-13-6-3-2-4-7-13/h2-4,6-7,9-10,12H,5,8,11,18H2,1H3. The van der Waals surface area contributed by atoms with Crippen molar-refractivity contribution in [3.8, 4) is 5.75 Å². The van der Waals surface area contributed by atoms with Crippen LogP contribution in [-0.2, 0) is 11.2 Å². The molecule has 0 saturated carbocycles. The molecule has 110 valence electrons. The highest BCUT2D eigenvalue weighted by atomic mass is 16.5. The summed E-state index contributed by atoms with van der Waals surface area (Å²) in [6.45, 7) is 0.545. The Balaban J connectivity index is 1.89. The Hall–Kier alpha value is -2.49. The quantitative estimate of drug-likeness (QED) is 0.503. The van der Waals surface area contributed by atoms with E-state index in [9.17, 15) is 4.79 Å². The first-order valence-corrected chi connectivity index (χ1v) is 6.85. The van der Waals surface area contributed by atoms with Crippen LogP contribution in [0.2, 0.25) is 0 Å². The molecule has 0 aliphatic carbocycles. The molecule has 0 fully saturated rings. The van der Waals surface area contributed by atoms with Crippen molar-refractivity contribution in [3.63, 3.8) is 0 Å². The zero-order valence-electron chi connectivity index (χ0n) is 12.0. The van der Waals surface area contributed by atoms with Crippen molar-refractivity contribution < 1.29 is 14.3 Å². The van der Waals surface area contributed by atoms with E-state index in [-0.39, 0.29) is 0 Å². The number of benzene rings is 2. The Morgan fingerprint density at radius 1 is 1.14 bits per heavy atom. The summed E-state index contributed by atoms with van der Waals surface area (Å²) in [5.41, 5.74) is 8.07. The van der Waals surface area contributed by atoms with Gasteiger partial charge in [0.15, 0.2) is 0 Å². The lowest BCUT2D eigenvalue weighted by Crippen LogP contribution is -2.05. The number of carbonyl (C=O) groups is 1. The fourth-order valence-electron chi connectivity index (χ4n) is 2.01. The number of hydrogen-bond acceptors (Lipinski definition) is 4. The van der Waals surface area contributed by atoms with Crippen molar-refractivity contribution in [1.82, 2.24) is 0 Å². The smallest absolute Gasteiger partial charge is 0.337 e. The molecule has 2 N–H and O–H groups in total. The summed E-state index contributed by atoms with van der Waals surface area (Å²) in [5.74, 6) is 0.120. The molecule has 0 heterocycles. The van der Waals surface area contributed by atoms with Gasteiger partial charge in [-0.25, -0.2) is 4.79 Å². The molecular formula is C17H19NO3. The molecule has 0 saturated heterocycles. The van der Waals surface area contributed by atoms with Crippen molar-refractivity contribution in [2.45, 2.75) is 12.8 Å². The van der Waals surface area contributed by atoms with Crippen molar-refractivity contribution in [2.75, 3.05) is 19.5 Å². The third-order valence-corrected chi connectivity index (χ3v) is 3.14. The van der Waals surface area contributed by atoms with Crippen LogP contribution in [0.3, 0.4) is 0 Å². The van der Waals surface area contributed by atoms with Crippen LogP contribution in [0.1, 0.15) is 22.3 Å². The van der Waals surface area contributed by atoms with Crippen molar-refractivity contribution in [1.29, 1.82) is 0 Å². The molecule has 0 unspecified atom stereocenters. The first kappa shape index (κ1) is 14.9. The molecule has 4 nitrogen and oxygen atoms in total. The van der Waals surface area contributed by atoms with Gasteiger partial charge in [-0.3, -0.25) is 0 Å². The second-order valence-electron chi connectivity index (χ2n) is 4.68. The van der Waals surface area contributed by atoms with Crippen LogP contribution in [0.5, 0.6) is 5.75 Å². The van der Waals surface area contributed by atoms with E-state index in [2.05, 4.69) is 16.9 Å². The van der Waals surface area contributed by atoms with Gasteiger partial charge in [-0.05, 0) is 36.6 Å². The van der Waals surface area contributed by atoms with E-state index < -0.39 is 5.97 Å². The molecule has 0 radical (unpaired) electrons. The molecule has 0 bridgehead atoms. The number of rotatable bonds is 6. The molecule has 0 atom stereocenters. The van der Waals surface area contributed by atoms with Gasteiger partial charge in [-0.1, -0.05) is 30.3 Å². The largest absolute Gasteiger partial charge is 0.491 e. The second-order valence-corrected chi connectivity index (χ2v) is 4.68. The van der Waals surface area contributed by atoms with Crippen LogP contribution in [-0.4, -0.2) is 19.7 Å². The summed E-state index contributed by atoms with van der Waals surface area (Å²) >= 11 is 0. The average Bonchev–Trinajstić information content (AvgIpc) is 2.53. The van der Waals surface area contributed by atoms with E-state index >= 15 is 0 Å². The predicted molar refractivity (Wildman–Crippen MR) is 82.5 cm³/mol. The van der Waals surface area contributed by atoms with Gasteiger partial charge in [-0.2, -0.15) is 0 Å². The fraction of sp³-hybridized carbons (Fsp3) is 0.235. The van der Waals surface area contributed by atoms with Crippen molar-refractivity contribution in [2.24, 2.45) is 0 Å². The fourth-order valence-corrected chi connectivity index (χ4v) is 2.01. The maximum absolute atomic E-state index is 11.5. The molecule has 0 aromatic heterocycles. The van der Waals surface area contributed by atoms with Crippen molar-refractivity contribution >= 4 is 11.7 Å². The first-order chi connectivity index (χ1) is 10.2. The molecule has 0 aliphatic rings. The van der Waals surface area contributed by atoms with Gasteiger partial charge in [0.2, 0.25) is 0 Å². The summed E-state index contributed by atoms with van der Waals surface area (Å²) in [4.78, 5) is 11.5. The number of aryl methyl sites for hydroxylation is 1. The molecule has 0 spiro atoms. The molecule has 0 aliphatic heterocycles. The van der Waals surface area contributed by atoms with Crippen LogP contribution in [0.15, 0.2) is 48.5 Å². The van der Waals surface area contributed by atoms with E-state index in [0.717, 1.165) is 12.8 Å². The topological polar surface area (TPSA) is 61.5 Å². The predicted octanol–water partition coefficient (Wildman–Crippen LogP) is 3.07. The third-order valence-electron chi connectivity index (χ3n) is 3.14. The molecule has 0 amide bonds. The summed E-state index contributed by atoms with van der Waals surface area (Å²) < 4.78 is 10.3. The van der Waals surface area contributed by atoms with Gasteiger partial charge in [0.1, 0.15) is 5.75 Å². The van der Waals surface area contributed by atoms with E-state index in [1.807, 2.05) is 18.2 Å². The number of methoxy groups -OCH3 is 1. The van der Waals surface area contributed by atoms with Crippen LogP contribution < -0.4 is 10.5 Å². The highest BCUT2D eigenvalue weighted by Gasteiger charge is 2.09. The van der Waals surface area contributed by atoms with E-state index in [1.165, 1.54) is 12.7 Å². The SMILES string of the molecule is COC(=O)c1ccc(N)c(OCCCc2ccccc2)c1. The molecule has 2 aromatic rings. The number of carbonyl (C=O) groups excluding carboxylic acids is 1. The number of ether oxygens (including phenoxy) is 2.